The zero-order chi connectivity index (χ0) is 15.1. The van der Waals surface area contributed by atoms with E-state index in [2.05, 4.69) is 0 Å². The summed E-state index contributed by atoms with van der Waals surface area (Å²) in [6.07, 6.45) is 0. The molecule has 0 saturated carbocycles. The van der Waals surface area contributed by atoms with Gasteiger partial charge >= 0.3 is 11.4 Å². The number of nitrogens with zero attached hydrogens (tertiary/aromatic N) is 2. The maximum atomic E-state index is 10.7. The van der Waals surface area contributed by atoms with Gasteiger partial charge in [0.1, 0.15) is 6.61 Å². The van der Waals surface area contributed by atoms with Gasteiger partial charge in [0.25, 0.3) is 0 Å². The number of aliphatic hydroxyl groups is 1. The van der Waals surface area contributed by atoms with Gasteiger partial charge in [-0.25, -0.2) is 0 Å². The van der Waals surface area contributed by atoms with Crippen LogP contribution in [0.3, 0.4) is 0 Å². The zero-order valence-electron chi connectivity index (χ0n) is 10.2. The molecule has 10 heteroatoms. The first-order valence-corrected chi connectivity index (χ1v) is 5.44. The summed E-state index contributed by atoms with van der Waals surface area (Å²) in [5.74, 6) is -0.834. The minimum Gasteiger partial charge on any atom is -0.504 e. The highest BCUT2D eigenvalue weighted by Gasteiger charge is 2.27. The van der Waals surface area contributed by atoms with E-state index in [4.69, 9.17) is 14.6 Å². The minimum atomic E-state index is -0.966. The highest BCUT2D eigenvalue weighted by atomic mass is 16.6. The first kappa shape index (κ1) is 15.6. The van der Waals surface area contributed by atoms with E-state index in [1.807, 2.05) is 0 Å². The SMILES string of the molecule is O=[N+]([O-])c1cc(O)c(OCCOCCO)cc1[N+](=O)[O-]. The van der Waals surface area contributed by atoms with Crippen LogP contribution in [0, 0.1) is 20.2 Å². The number of rotatable bonds is 8. The lowest BCUT2D eigenvalue weighted by Gasteiger charge is -2.08. The summed E-state index contributed by atoms with van der Waals surface area (Å²) in [6, 6.07) is 1.43. The van der Waals surface area contributed by atoms with Crippen LogP contribution < -0.4 is 4.74 Å². The Bertz CT molecular complexity index is 504. The van der Waals surface area contributed by atoms with Crippen LogP contribution in [0.25, 0.3) is 0 Å². The number of benzene rings is 1. The van der Waals surface area contributed by atoms with E-state index in [9.17, 15) is 25.3 Å². The molecule has 110 valence electrons. The molecule has 20 heavy (non-hydrogen) atoms. The van der Waals surface area contributed by atoms with Crippen molar-refractivity contribution in [3.63, 3.8) is 0 Å². The number of phenols is 1. The fraction of sp³-hybridized carbons (Fsp3) is 0.400. The number of phenolic OH excluding ortho intramolecular Hbond substituents is 1. The Labute approximate surface area is 112 Å². The van der Waals surface area contributed by atoms with Crippen molar-refractivity contribution in [3.05, 3.63) is 32.4 Å². The standard InChI is InChI=1S/C10H12N2O8/c13-1-2-19-3-4-20-10-6-8(12(17)18)7(11(15)16)5-9(10)14/h5-6,13-14H,1-4H2. The number of hydrogen-bond acceptors (Lipinski definition) is 8. The van der Waals surface area contributed by atoms with E-state index in [1.54, 1.807) is 0 Å². The summed E-state index contributed by atoms with van der Waals surface area (Å²) in [4.78, 5) is 19.4. The van der Waals surface area contributed by atoms with Crippen molar-refractivity contribution in [2.75, 3.05) is 26.4 Å². The molecule has 0 spiro atoms. The van der Waals surface area contributed by atoms with E-state index in [0.29, 0.717) is 6.07 Å². The van der Waals surface area contributed by atoms with Crippen LogP contribution in [0.4, 0.5) is 11.4 Å². The first-order chi connectivity index (χ1) is 9.47. The molecular formula is C10H12N2O8. The van der Waals surface area contributed by atoms with Gasteiger partial charge < -0.3 is 19.7 Å². The molecule has 0 aliphatic rings. The maximum absolute atomic E-state index is 10.7. The zero-order valence-corrected chi connectivity index (χ0v) is 10.2. The predicted molar refractivity (Wildman–Crippen MR) is 64.8 cm³/mol. The number of nitro groups is 2. The largest absolute Gasteiger partial charge is 0.504 e. The molecule has 0 heterocycles. The van der Waals surface area contributed by atoms with Crippen LogP contribution in [-0.2, 0) is 4.74 Å². The summed E-state index contributed by atoms with van der Waals surface area (Å²) >= 11 is 0. The van der Waals surface area contributed by atoms with E-state index in [0.717, 1.165) is 6.07 Å². The average molecular weight is 288 g/mol. The molecule has 2 N–H and O–H groups in total. The molecule has 0 fully saturated rings. The van der Waals surface area contributed by atoms with Gasteiger partial charge in [0.2, 0.25) is 0 Å². The highest BCUT2D eigenvalue weighted by Crippen LogP contribution is 2.38. The van der Waals surface area contributed by atoms with Gasteiger partial charge in [-0.15, -0.1) is 0 Å². The average Bonchev–Trinajstić information content (AvgIpc) is 2.39. The van der Waals surface area contributed by atoms with E-state index >= 15 is 0 Å². The van der Waals surface area contributed by atoms with E-state index in [-0.39, 0.29) is 32.2 Å². The normalized spacial score (nSPS) is 10.2. The summed E-state index contributed by atoms with van der Waals surface area (Å²) in [5, 5.41) is 39.3. The lowest BCUT2D eigenvalue weighted by Crippen LogP contribution is -2.09. The van der Waals surface area contributed by atoms with Crippen molar-refractivity contribution >= 4 is 11.4 Å². The third-order valence-corrected chi connectivity index (χ3v) is 2.17. The Hall–Kier alpha value is -2.46. The Morgan fingerprint density at radius 2 is 1.65 bits per heavy atom. The lowest BCUT2D eigenvalue weighted by atomic mass is 10.2. The monoisotopic (exact) mass is 288 g/mol. The Balaban J connectivity index is 2.84. The molecule has 1 rings (SSSR count). The molecule has 10 nitrogen and oxygen atoms in total. The van der Waals surface area contributed by atoms with Crippen LogP contribution in [-0.4, -0.2) is 46.5 Å². The highest BCUT2D eigenvalue weighted by molar-refractivity contribution is 5.61. The van der Waals surface area contributed by atoms with Gasteiger partial charge in [-0.3, -0.25) is 20.2 Å². The lowest BCUT2D eigenvalue weighted by molar-refractivity contribution is -0.422. The first-order valence-electron chi connectivity index (χ1n) is 5.44. The van der Waals surface area contributed by atoms with Crippen molar-refractivity contribution < 1.29 is 29.5 Å². The molecule has 0 saturated heterocycles. The van der Waals surface area contributed by atoms with Crippen LogP contribution in [0.15, 0.2) is 12.1 Å². The quantitative estimate of drug-likeness (QED) is 0.401. The van der Waals surface area contributed by atoms with Crippen LogP contribution in [0.2, 0.25) is 0 Å². The molecule has 1 aromatic rings. The topological polar surface area (TPSA) is 145 Å². The van der Waals surface area contributed by atoms with E-state index in [1.165, 1.54) is 0 Å². The summed E-state index contributed by atoms with van der Waals surface area (Å²) in [7, 11) is 0. The molecule has 0 radical (unpaired) electrons. The van der Waals surface area contributed by atoms with Gasteiger partial charge in [-0.05, 0) is 0 Å². The van der Waals surface area contributed by atoms with Crippen LogP contribution in [0.1, 0.15) is 0 Å². The molecule has 1 aromatic carbocycles. The molecule has 0 aromatic heterocycles. The third kappa shape index (κ3) is 4.03. The second-order valence-corrected chi connectivity index (χ2v) is 3.51. The molecule has 0 aliphatic carbocycles. The van der Waals surface area contributed by atoms with Crippen molar-refractivity contribution in [1.29, 1.82) is 0 Å². The van der Waals surface area contributed by atoms with Gasteiger partial charge in [0, 0.05) is 0 Å². The molecule has 0 unspecified atom stereocenters. The smallest absolute Gasteiger partial charge is 0.350 e. The Kier molecular flexibility index (Phi) is 5.62. The Morgan fingerprint density at radius 1 is 1.05 bits per heavy atom. The molecule has 0 amide bonds. The predicted octanol–water partition coefficient (Wildman–Crippen LogP) is 0.596. The number of ether oxygens (including phenoxy) is 2. The van der Waals surface area contributed by atoms with Gasteiger partial charge in [0.15, 0.2) is 11.5 Å². The molecular weight excluding hydrogens is 276 g/mol. The second-order valence-electron chi connectivity index (χ2n) is 3.51. The maximum Gasteiger partial charge on any atom is 0.350 e. The Morgan fingerprint density at radius 3 is 2.20 bits per heavy atom. The minimum absolute atomic E-state index is 0.0392. The number of nitro benzene ring substituents is 2. The number of aliphatic hydroxyl groups excluding tert-OH is 1. The second kappa shape index (κ2) is 7.21. The van der Waals surface area contributed by atoms with Crippen molar-refractivity contribution in [3.8, 4) is 11.5 Å². The fourth-order valence-corrected chi connectivity index (χ4v) is 1.33. The third-order valence-electron chi connectivity index (χ3n) is 2.17. The molecule has 0 bridgehead atoms. The summed E-state index contributed by atoms with van der Waals surface area (Å²) < 4.78 is 9.91. The van der Waals surface area contributed by atoms with E-state index < -0.39 is 27.0 Å². The van der Waals surface area contributed by atoms with Crippen LogP contribution in [0.5, 0.6) is 11.5 Å². The number of hydrogen-bond donors (Lipinski definition) is 2. The summed E-state index contributed by atoms with van der Waals surface area (Å²) in [5.41, 5.74) is -1.60. The van der Waals surface area contributed by atoms with Crippen molar-refractivity contribution in [2.45, 2.75) is 0 Å². The van der Waals surface area contributed by atoms with Crippen molar-refractivity contribution in [1.82, 2.24) is 0 Å². The van der Waals surface area contributed by atoms with Gasteiger partial charge in [0.05, 0.1) is 41.8 Å². The van der Waals surface area contributed by atoms with Crippen LogP contribution >= 0.6 is 0 Å². The van der Waals surface area contributed by atoms with Gasteiger partial charge in [-0.2, -0.15) is 0 Å². The fourth-order valence-electron chi connectivity index (χ4n) is 1.33. The van der Waals surface area contributed by atoms with Crippen molar-refractivity contribution in [2.24, 2.45) is 0 Å². The van der Waals surface area contributed by atoms with Gasteiger partial charge in [-0.1, -0.05) is 0 Å². The summed E-state index contributed by atoms with van der Waals surface area (Å²) in [6.45, 7) is -0.00266. The number of aromatic hydroxyl groups is 1. The molecule has 0 atom stereocenters. The molecule has 0 aliphatic heterocycles.